The van der Waals surface area contributed by atoms with Crippen molar-refractivity contribution < 1.29 is 8.97 Å². The van der Waals surface area contributed by atoms with Crippen molar-refractivity contribution in [2.24, 2.45) is 0 Å². The average Bonchev–Trinajstić information content (AvgIpc) is 2.96. The van der Waals surface area contributed by atoms with Gasteiger partial charge in [0.25, 0.3) is 5.78 Å². The Morgan fingerprint density at radius 3 is 2.89 bits per heavy atom. The maximum atomic E-state index is 11.3. The van der Waals surface area contributed by atoms with Gasteiger partial charge < -0.3 is 14.7 Å². The lowest BCUT2D eigenvalue weighted by atomic mass is 10.4. The van der Waals surface area contributed by atoms with E-state index < -0.39 is 11.2 Å². The van der Waals surface area contributed by atoms with Crippen LogP contribution in [0.3, 0.4) is 0 Å². The van der Waals surface area contributed by atoms with Crippen molar-refractivity contribution in [3.05, 3.63) is 18.4 Å². The Labute approximate surface area is 104 Å². The summed E-state index contributed by atoms with van der Waals surface area (Å²) in [7, 11) is 0. The first kappa shape index (κ1) is 11.0. The first-order chi connectivity index (χ1) is 8.65. The number of anilines is 1. The highest BCUT2D eigenvalue weighted by atomic mass is 32.2. The third-order valence-corrected chi connectivity index (χ3v) is 2.91. The number of aromatic nitrogens is 5. The van der Waals surface area contributed by atoms with Crippen LogP contribution in [-0.4, -0.2) is 35.4 Å². The molecule has 0 saturated carbocycles. The molecule has 0 aliphatic rings. The van der Waals surface area contributed by atoms with Gasteiger partial charge in [-0.2, -0.15) is 9.50 Å². The van der Waals surface area contributed by atoms with E-state index in [0.717, 1.165) is 0 Å². The summed E-state index contributed by atoms with van der Waals surface area (Å²) in [4.78, 5) is 12.1. The molecule has 3 aromatic heterocycles. The average molecular weight is 264 g/mol. The lowest BCUT2D eigenvalue weighted by Gasteiger charge is -2.02. The van der Waals surface area contributed by atoms with Crippen molar-refractivity contribution in [1.82, 2.24) is 24.6 Å². The zero-order valence-corrected chi connectivity index (χ0v) is 10.1. The van der Waals surface area contributed by atoms with E-state index in [0.29, 0.717) is 11.6 Å². The minimum absolute atomic E-state index is 0.0792. The molecule has 0 spiro atoms. The molecule has 0 fully saturated rings. The molecule has 3 heterocycles. The fourth-order valence-corrected chi connectivity index (χ4v) is 1.86. The molecule has 0 bridgehead atoms. The van der Waals surface area contributed by atoms with E-state index in [-0.39, 0.29) is 16.9 Å². The van der Waals surface area contributed by atoms with Gasteiger partial charge >= 0.3 is 5.16 Å². The molecule has 0 amide bonds. The largest absolute Gasteiger partial charge is 0.609 e. The molecule has 1 unspecified atom stereocenters. The van der Waals surface area contributed by atoms with Crippen LogP contribution in [0.25, 0.3) is 17.4 Å². The molecule has 18 heavy (non-hydrogen) atoms. The van der Waals surface area contributed by atoms with Crippen LogP contribution in [0.1, 0.15) is 0 Å². The molecule has 0 radical (unpaired) electrons. The highest BCUT2D eigenvalue weighted by molar-refractivity contribution is 7.90. The minimum Gasteiger partial charge on any atom is -0.609 e. The number of nitrogens with two attached hydrogens (primary N) is 1. The zero-order chi connectivity index (χ0) is 12.7. The van der Waals surface area contributed by atoms with E-state index in [1.165, 1.54) is 17.0 Å². The summed E-state index contributed by atoms with van der Waals surface area (Å²) in [6.45, 7) is 0. The molecule has 3 aromatic rings. The summed E-state index contributed by atoms with van der Waals surface area (Å²) in [5, 5.41) is 4.24. The molecule has 2 N–H and O–H groups in total. The van der Waals surface area contributed by atoms with Gasteiger partial charge in [0.05, 0.1) is 6.26 Å². The van der Waals surface area contributed by atoms with Crippen LogP contribution >= 0.6 is 0 Å². The van der Waals surface area contributed by atoms with Crippen LogP contribution in [0.4, 0.5) is 5.95 Å². The number of hydrogen-bond donors (Lipinski definition) is 1. The van der Waals surface area contributed by atoms with E-state index in [2.05, 4.69) is 20.1 Å². The molecule has 8 nitrogen and oxygen atoms in total. The van der Waals surface area contributed by atoms with E-state index in [1.54, 1.807) is 12.1 Å². The van der Waals surface area contributed by atoms with Crippen molar-refractivity contribution in [3.63, 3.8) is 0 Å². The fraction of sp³-hybridized carbons (Fsp3) is 0.111. The second kappa shape index (κ2) is 3.96. The van der Waals surface area contributed by atoms with Gasteiger partial charge in [0.1, 0.15) is 6.26 Å². The van der Waals surface area contributed by atoms with E-state index >= 15 is 0 Å². The summed E-state index contributed by atoms with van der Waals surface area (Å²) in [5.41, 5.74) is 5.71. The summed E-state index contributed by atoms with van der Waals surface area (Å²) in [6, 6.07) is 3.44. The molecule has 0 aliphatic heterocycles. The quantitative estimate of drug-likeness (QED) is 0.652. The van der Waals surface area contributed by atoms with Gasteiger partial charge in [0.2, 0.25) is 11.8 Å². The smallest absolute Gasteiger partial charge is 0.349 e. The maximum absolute atomic E-state index is 11.3. The van der Waals surface area contributed by atoms with Crippen LogP contribution in [0.2, 0.25) is 0 Å². The van der Waals surface area contributed by atoms with Gasteiger partial charge in [-0.1, -0.05) is 0 Å². The Morgan fingerprint density at radius 1 is 1.39 bits per heavy atom. The number of nitrogen functional groups attached to an aromatic ring is 1. The third-order valence-electron chi connectivity index (χ3n) is 2.21. The van der Waals surface area contributed by atoms with Crippen LogP contribution in [0, 0.1) is 0 Å². The highest BCUT2D eigenvalue weighted by Crippen LogP contribution is 2.17. The molecule has 3 rings (SSSR count). The second-order valence-electron chi connectivity index (χ2n) is 3.44. The van der Waals surface area contributed by atoms with Crippen LogP contribution in [0.5, 0.6) is 0 Å². The molecule has 1 atom stereocenters. The summed E-state index contributed by atoms with van der Waals surface area (Å²) < 4.78 is 17.8. The third kappa shape index (κ3) is 1.69. The second-order valence-corrected chi connectivity index (χ2v) is 4.72. The minimum atomic E-state index is -1.33. The Bertz CT molecular complexity index is 692. The van der Waals surface area contributed by atoms with Gasteiger partial charge in [-0.25, -0.2) is 0 Å². The highest BCUT2D eigenvalue weighted by Gasteiger charge is 2.17. The lowest BCUT2D eigenvalue weighted by Crippen LogP contribution is -2.11. The van der Waals surface area contributed by atoms with E-state index in [1.807, 2.05) is 0 Å². The Morgan fingerprint density at radius 2 is 2.22 bits per heavy atom. The van der Waals surface area contributed by atoms with Gasteiger partial charge in [-0.05, 0) is 12.1 Å². The number of furan rings is 1. The van der Waals surface area contributed by atoms with Crippen LogP contribution in [-0.2, 0) is 11.2 Å². The molecule has 92 valence electrons. The number of fused-ring (bicyclic) bond motifs is 1. The Hall–Kier alpha value is -2.13. The number of nitrogens with zero attached hydrogens (tertiary/aromatic N) is 5. The molecule has 0 aliphatic carbocycles. The fourth-order valence-electron chi connectivity index (χ4n) is 1.42. The predicted molar refractivity (Wildman–Crippen MR) is 63.0 cm³/mol. The van der Waals surface area contributed by atoms with Crippen molar-refractivity contribution in [3.8, 4) is 11.6 Å². The van der Waals surface area contributed by atoms with Crippen molar-refractivity contribution in [2.75, 3.05) is 12.0 Å². The maximum Gasteiger partial charge on any atom is 0.349 e. The summed E-state index contributed by atoms with van der Waals surface area (Å²) >= 11 is -1.33. The lowest BCUT2D eigenvalue weighted by molar-refractivity contribution is 0.577. The molecule has 0 saturated heterocycles. The topological polar surface area (TPSA) is 118 Å². The zero-order valence-electron chi connectivity index (χ0n) is 9.27. The Kier molecular flexibility index (Phi) is 2.42. The van der Waals surface area contributed by atoms with Gasteiger partial charge in [0, 0.05) is 11.2 Å². The van der Waals surface area contributed by atoms with Crippen molar-refractivity contribution in [2.45, 2.75) is 5.16 Å². The van der Waals surface area contributed by atoms with Gasteiger partial charge in [-0.15, -0.1) is 15.1 Å². The normalized spacial score (nSPS) is 13.0. The van der Waals surface area contributed by atoms with Gasteiger partial charge in [-0.3, -0.25) is 0 Å². The molecular formula is C9H8N6O2S. The van der Waals surface area contributed by atoms with E-state index in [4.69, 9.17) is 10.2 Å². The standard InChI is InChI=1S/C9H8N6O2S/c1-18(16)9-12-7(10)15-8(13-9)11-6(14-15)5-3-2-4-17-5/h2-4H,1H3,(H2,10,11,12,13,14). The van der Waals surface area contributed by atoms with Crippen LogP contribution in [0.15, 0.2) is 28.0 Å². The molecule has 0 aromatic carbocycles. The first-order valence-electron chi connectivity index (χ1n) is 4.93. The number of hydrogen-bond acceptors (Lipinski definition) is 7. The predicted octanol–water partition coefficient (Wildman–Crippen LogP) is 0.0989. The first-order valence-corrected chi connectivity index (χ1v) is 6.48. The van der Waals surface area contributed by atoms with Gasteiger partial charge in [0.15, 0.2) is 5.76 Å². The molecular weight excluding hydrogens is 256 g/mol. The summed E-state index contributed by atoms with van der Waals surface area (Å²) in [6.07, 6.45) is 2.98. The Balaban J connectivity index is 2.20. The monoisotopic (exact) mass is 264 g/mol. The number of rotatable bonds is 2. The van der Waals surface area contributed by atoms with Crippen LogP contribution < -0.4 is 5.73 Å². The SMILES string of the molecule is C[S+]([O-])c1nc(N)n2nc(-c3ccco3)nc2n1. The van der Waals surface area contributed by atoms with Crippen molar-refractivity contribution >= 4 is 22.9 Å². The summed E-state index contributed by atoms with van der Waals surface area (Å²) in [5.74, 6) is 1.16. The van der Waals surface area contributed by atoms with E-state index in [9.17, 15) is 4.55 Å². The van der Waals surface area contributed by atoms with Crippen molar-refractivity contribution in [1.29, 1.82) is 0 Å². The molecule has 9 heteroatoms.